The van der Waals surface area contributed by atoms with E-state index in [9.17, 15) is 0 Å². The molecule has 1 aromatic carbocycles. The number of aryl methyl sites for hydroxylation is 2. The van der Waals surface area contributed by atoms with Crippen LogP contribution in [0.25, 0.3) is 0 Å². The van der Waals surface area contributed by atoms with Gasteiger partial charge in [-0.15, -0.1) is 12.4 Å². The van der Waals surface area contributed by atoms with E-state index in [1.54, 1.807) is 0 Å². The molecule has 0 bridgehead atoms. The molecular formula is C15H25ClN2O. The van der Waals surface area contributed by atoms with Crippen LogP contribution in [0.5, 0.6) is 5.75 Å². The Kier molecular flexibility index (Phi) is 6.63. The first-order chi connectivity index (χ1) is 8.69. The highest BCUT2D eigenvalue weighted by Crippen LogP contribution is 2.19. The van der Waals surface area contributed by atoms with E-state index in [0.29, 0.717) is 5.92 Å². The Morgan fingerprint density at radius 1 is 1.37 bits per heavy atom. The van der Waals surface area contributed by atoms with Gasteiger partial charge in [-0.05, 0) is 56.5 Å². The largest absolute Gasteiger partial charge is 0.492 e. The number of ether oxygens (including phenoxy) is 1. The summed E-state index contributed by atoms with van der Waals surface area (Å²) >= 11 is 0. The van der Waals surface area contributed by atoms with Gasteiger partial charge in [0, 0.05) is 13.1 Å². The van der Waals surface area contributed by atoms with Gasteiger partial charge in [0.2, 0.25) is 0 Å². The number of benzene rings is 1. The molecule has 4 heteroatoms. The average Bonchev–Trinajstić information content (AvgIpc) is 2.81. The van der Waals surface area contributed by atoms with Gasteiger partial charge in [0.05, 0.1) is 0 Å². The molecule has 3 nitrogen and oxygen atoms in total. The highest BCUT2D eigenvalue weighted by Gasteiger charge is 2.20. The van der Waals surface area contributed by atoms with Gasteiger partial charge in [-0.1, -0.05) is 12.1 Å². The summed E-state index contributed by atoms with van der Waals surface area (Å²) in [5.74, 6) is 1.70. The van der Waals surface area contributed by atoms with Crippen molar-refractivity contribution < 1.29 is 4.74 Å². The summed E-state index contributed by atoms with van der Waals surface area (Å²) in [5.41, 5.74) is 8.15. The summed E-state index contributed by atoms with van der Waals surface area (Å²) in [6.45, 7) is 9.07. The zero-order chi connectivity index (χ0) is 13.0. The van der Waals surface area contributed by atoms with Crippen LogP contribution in [-0.2, 0) is 0 Å². The molecule has 1 atom stereocenters. The fourth-order valence-corrected chi connectivity index (χ4v) is 2.46. The molecule has 0 saturated carbocycles. The summed E-state index contributed by atoms with van der Waals surface area (Å²) in [7, 11) is 0. The number of hydrogen-bond donors (Lipinski definition) is 1. The summed E-state index contributed by atoms with van der Waals surface area (Å²) in [4.78, 5) is 2.45. The second-order valence-corrected chi connectivity index (χ2v) is 5.31. The van der Waals surface area contributed by atoms with E-state index in [-0.39, 0.29) is 12.4 Å². The van der Waals surface area contributed by atoms with Crippen molar-refractivity contribution in [2.75, 3.05) is 32.8 Å². The van der Waals surface area contributed by atoms with Crippen LogP contribution in [0.2, 0.25) is 0 Å². The molecule has 108 valence electrons. The normalized spacial score (nSPS) is 19.2. The van der Waals surface area contributed by atoms with E-state index in [1.165, 1.54) is 17.5 Å². The van der Waals surface area contributed by atoms with Gasteiger partial charge in [0.15, 0.2) is 0 Å². The van der Waals surface area contributed by atoms with E-state index in [2.05, 4.69) is 36.9 Å². The molecule has 1 aliphatic heterocycles. The molecule has 0 aromatic heterocycles. The van der Waals surface area contributed by atoms with Crippen LogP contribution in [0.3, 0.4) is 0 Å². The molecule has 0 amide bonds. The molecule has 2 N–H and O–H groups in total. The van der Waals surface area contributed by atoms with Crippen LogP contribution >= 0.6 is 12.4 Å². The minimum atomic E-state index is 0. The maximum absolute atomic E-state index is 5.88. The Hall–Kier alpha value is -0.770. The van der Waals surface area contributed by atoms with Crippen LogP contribution < -0.4 is 10.5 Å². The van der Waals surface area contributed by atoms with E-state index in [1.807, 2.05) is 0 Å². The van der Waals surface area contributed by atoms with Gasteiger partial charge in [0.1, 0.15) is 12.4 Å². The van der Waals surface area contributed by atoms with Gasteiger partial charge in [-0.25, -0.2) is 0 Å². The third-order valence-electron chi connectivity index (χ3n) is 3.71. The quantitative estimate of drug-likeness (QED) is 0.902. The molecule has 1 aliphatic rings. The van der Waals surface area contributed by atoms with Crippen LogP contribution in [0.15, 0.2) is 18.2 Å². The third-order valence-corrected chi connectivity index (χ3v) is 3.71. The minimum Gasteiger partial charge on any atom is -0.492 e. The van der Waals surface area contributed by atoms with Crippen LogP contribution in [0, 0.1) is 19.8 Å². The lowest BCUT2D eigenvalue weighted by Crippen LogP contribution is -2.27. The maximum Gasteiger partial charge on any atom is 0.122 e. The van der Waals surface area contributed by atoms with Gasteiger partial charge >= 0.3 is 0 Å². The lowest BCUT2D eigenvalue weighted by atomic mass is 10.1. The highest BCUT2D eigenvalue weighted by molar-refractivity contribution is 5.85. The van der Waals surface area contributed by atoms with E-state index >= 15 is 0 Å². The minimum absolute atomic E-state index is 0. The number of hydrogen-bond acceptors (Lipinski definition) is 3. The number of nitrogens with two attached hydrogens (primary N) is 1. The lowest BCUT2D eigenvalue weighted by Gasteiger charge is -2.17. The Labute approximate surface area is 122 Å². The smallest absolute Gasteiger partial charge is 0.122 e. The van der Waals surface area contributed by atoms with Gasteiger partial charge in [0.25, 0.3) is 0 Å². The second kappa shape index (κ2) is 7.73. The summed E-state index contributed by atoms with van der Waals surface area (Å²) in [6.07, 6.45) is 1.24. The number of halogens is 1. The molecule has 1 aromatic rings. The monoisotopic (exact) mass is 284 g/mol. The van der Waals surface area contributed by atoms with E-state index < -0.39 is 0 Å². The van der Waals surface area contributed by atoms with E-state index in [4.69, 9.17) is 10.5 Å². The highest BCUT2D eigenvalue weighted by atomic mass is 35.5. The second-order valence-electron chi connectivity index (χ2n) is 5.31. The van der Waals surface area contributed by atoms with Crippen molar-refractivity contribution >= 4 is 12.4 Å². The van der Waals surface area contributed by atoms with Gasteiger partial charge < -0.3 is 10.5 Å². The number of likely N-dealkylation sites (tertiary alicyclic amines) is 1. The van der Waals surface area contributed by atoms with Gasteiger partial charge in [-0.2, -0.15) is 0 Å². The molecule has 19 heavy (non-hydrogen) atoms. The standard InChI is InChI=1S/C15H24N2O.ClH/c1-12-3-4-13(2)15(9-12)18-8-7-17-6-5-14(10-16)11-17;/h3-4,9,14H,5-8,10-11,16H2,1-2H3;1H. The van der Waals surface area contributed by atoms with Crippen molar-refractivity contribution in [1.82, 2.24) is 4.90 Å². The van der Waals surface area contributed by atoms with Crippen molar-refractivity contribution in [3.63, 3.8) is 0 Å². The molecule has 0 radical (unpaired) electrons. The van der Waals surface area contributed by atoms with Crippen molar-refractivity contribution in [1.29, 1.82) is 0 Å². The number of nitrogens with zero attached hydrogens (tertiary/aromatic N) is 1. The predicted octanol–water partition coefficient (Wildman–Crippen LogP) is 2.38. The van der Waals surface area contributed by atoms with Crippen molar-refractivity contribution in [3.8, 4) is 5.75 Å². The lowest BCUT2D eigenvalue weighted by molar-refractivity contribution is 0.232. The first kappa shape index (κ1) is 16.3. The van der Waals surface area contributed by atoms with Crippen LogP contribution in [0.4, 0.5) is 0 Å². The molecule has 1 fully saturated rings. The first-order valence-electron chi connectivity index (χ1n) is 6.81. The topological polar surface area (TPSA) is 38.5 Å². The zero-order valence-corrected chi connectivity index (χ0v) is 12.7. The molecular weight excluding hydrogens is 260 g/mol. The Bertz CT molecular complexity index is 398. The molecule has 1 saturated heterocycles. The Morgan fingerprint density at radius 3 is 2.84 bits per heavy atom. The van der Waals surface area contributed by atoms with Crippen molar-refractivity contribution in [2.24, 2.45) is 11.7 Å². The predicted molar refractivity (Wildman–Crippen MR) is 82.3 cm³/mol. The Morgan fingerprint density at radius 2 is 2.16 bits per heavy atom. The third kappa shape index (κ3) is 4.68. The SMILES string of the molecule is Cc1ccc(C)c(OCCN2CCC(CN)C2)c1.Cl. The molecule has 0 spiro atoms. The van der Waals surface area contributed by atoms with Gasteiger partial charge in [-0.3, -0.25) is 4.90 Å². The van der Waals surface area contributed by atoms with Crippen molar-refractivity contribution in [2.45, 2.75) is 20.3 Å². The summed E-state index contributed by atoms with van der Waals surface area (Å²) in [6, 6.07) is 6.35. The molecule has 1 heterocycles. The summed E-state index contributed by atoms with van der Waals surface area (Å²) < 4.78 is 5.88. The van der Waals surface area contributed by atoms with Crippen molar-refractivity contribution in [3.05, 3.63) is 29.3 Å². The summed E-state index contributed by atoms with van der Waals surface area (Å²) in [5, 5.41) is 0. The molecule has 1 unspecified atom stereocenters. The number of rotatable bonds is 5. The maximum atomic E-state index is 5.88. The van der Waals surface area contributed by atoms with Crippen LogP contribution in [-0.4, -0.2) is 37.7 Å². The fraction of sp³-hybridized carbons (Fsp3) is 0.600. The molecule has 2 rings (SSSR count). The average molecular weight is 285 g/mol. The Balaban J connectivity index is 0.00000180. The van der Waals surface area contributed by atoms with E-state index in [0.717, 1.165) is 38.5 Å². The zero-order valence-electron chi connectivity index (χ0n) is 11.9. The fourth-order valence-electron chi connectivity index (χ4n) is 2.46. The first-order valence-corrected chi connectivity index (χ1v) is 6.81. The van der Waals surface area contributed by atoms with Crippen LogP contribution in [0.1, 0.15) is 17.5 Å². The molecule has 0 aliphatic carbocycles.